The van der Waals surface area contributed by atoms with E-state index in [-0.39, 0.29) is 5.91 Å². The van der Waals surface area contributed by atoms with Crippen LogP contribution >= 0.6 is 11.6 Å². The van der Waals surface area contributed by atoms with Crippen LogP contribution in [-0.4, -0.2) is 30.0 Å². The first-order valence-electron chi connectivity index (χ1n) is 10.4. The summed E-state index contributed by atoms with van der Waals surface area (Å²) in [6, 6.07) is 21.9. The van der Waals surface area contributed by atoms with Gasteiger partial charge in [0.25, 0.3) is 5.91 Å². The van der Waals surface area contributed by atoms with Gasteiger partial charge in [-0.15, -0.1) is 0 Å². The highest BCUT2D eigenvalue weighted by Gasteiger charge is 2.23. The minimum Gasteiger partial charge on any atom is -0.324 e. The molecule has 3 aromatic rings. The van der Waals surface area contributed by atoms with E-state index in [0.717, 1.165) is 18.8 Å². The van der Waals surface area contributed by atoms with Gasteiger partial charge in [0.1, 0.15) is 6.04 Å². The number of anilines is 3. The molecular weight excluding hydrogens is 426 g/mol. The van der Waals surface area contributed by atoms with Crippen molar-refractivity contribution >= 4 is 40.6 Å². The Kier molecular flexibility index (Phi) is 6.89. The first-order chi connectivity index (χ1) is 15.6. The lowest BCUT2D eigenvalue weighted by molar-refractivity contribution is -0.118. The first-order valence-corrected chi connectivity index (χ1v) is 10.8. The summed E-state index contributed by atoms with van der Waals surface area (Å²) in [4.78, 5) is 25.6. The van der Waals surface area contributed by atoms with Crippen molar-refractivity contribution in [2.45, 2.75) is 12.5 Å². The van der Waals surface area contributed by atoms with Crippen LogP contribution in [0.2, 0.25) is 5.02 Å². The Balaban J connectivity index is 1.43. The van der Waals surface area contributed by atoms with E-state index in [1.807, 2.05) is 42.5 Å². The highest BCUT2D eigenvalue weighted by Crippen LogP contribution is 2.20. The van der Waals surface area contributed by atoms with Gasteiger partial charge in [0.15, 0.2) is 0 Å². The summed E-state index contributed by atoms with van der Waals surface area (Å²) in [5, 5.41) is 11.1. The molecule has 4 N–H and O–H groups in total. The summed E-state index contributed by atoms with van der Waals surface area (Å²) in [7, 11) is 0. The minimum atomic E-state index is -0.873. The molecule has 1 saturated heterocycles. The fourth-order valence-electron chi connectivity index (χ4n) is 3.23. The van der Waals surface area contributed by atoms with Crippen molar-refractivity contribution in [3.8, 4) is 0 Å². The monoisotopic (exact) mass is 449 g/mol. The zero-order valence-corrected chi connectivity index (χ0v) is 18.1. The van der Waals surface area contributed by atoms with Crippen LogP contribution in [0.3, 0.4) is 0 Å². The summed E-state index contributed by atoms with van der Waals surface area (Å²) < 4.78 is 0. The fraction of sp³-hybridized carbons (Fsp3) is 0.167. The zero-order chi connectivity index (χ0) is 22.3. The zero-order valence-electron chi connectivity index (χ0n) is 17.3. The summed E-state index contributed by atoms with van der Waals surface area (Å²) >= 11 is 5.89. The Labute approximate surface area is 191 Å². The number of carbonyl (C=O) groups excluding carboxylic acids is 2. The predicted octanol–water partition coefficient (Wildman–Crippen LogP) is 4.87. The molecule has 7 nitrogen and oxygen atoms in total. The predicted molar refractivity (Wildman–Crippen MR) is 128 cm³/mol. The highest BCUT2D eigenvalue weighted by molar-refractivity contribution is 6.30. The number of rotatable bonds is 7. The molecule has 164 valence electrons. The van der Waals surface area contributed by atoms with Gasteiger partial charge in [-0.1, -0.05) is 41.9 Å². The van der Waals surface area contributed by atoms with E-state index in [4.69, 9.17) is 11.6 Å². The molecule has 3 amide bonds. The minimum absolute atomic E-state index is 0.342. The number of benzene rings is 3. The van der Waals surface area contributed by atoms with Crippen molar-refractivity contribution < 1.29 is 9.59 Å². The quantitative estimate of drug-likeness (QED) is 0.414. The Morgan fingerprint density at radius 2 is 1.38 bits per heavy atom. The molecule has 0 saturated carbocycles. The van der Waals surface area contributed by atoms with Gasteiger partial charge in [0, 0.05) is 35.2 Å². The average Bonchev–Trinajstić information content (AvgIpc) is 2.78. The average molecular weight is 450 g/mol. The number of hydrogen-bond acceptors (Lipinski definition) is 4. The smallest absolute Gasteiger partial charge is 0.320 e. The van der Waals surface area contributed by atoms with Gasteiger partial charge in [-0.3, -0.25) is 4.79 Å². The topological polar surface area (TPSA) is 85.5 Å². The maximum absolute atomic E-state index is 13.1. The number of amides is 3. The van der Waals surface area contributed by atoms with Crippen LogP contribution in [0.5, 0.6) is 0 Å². The highest BCUT2D eigenvalue weighted by atomic mass is 35.5. The molecule has 0 aromatic heterocycles. The van der Waals surface area contributed by atoms with Crippen LogP contribution in [0.25, 0.3) is 0 Å². The van der Waals surface area contributed by atoms with Gasteiger partial charge >= 0.3 is 6.03 Å². The van der Waals surface area contributed by atoms with Crippen LogP contribution in [0.4, 0.5) is 21.9 Å². The Hall–Kier alpha value is -3.55. The van der Waals surface area contributed by atoms with Crippen molar-refractivity contribution in [1.82, 2.24) is 10.3 Å². The number of nitrogens with zero attached hydrogens (tertiary/aromatic N) is 1. The lowest BCUT2D eigenvalue weighted by atomic mass is 10.1. The standard InChI is InChI=1S/C24H24ClN5O2/c25-18-7-9-20(10-8-18)27-24(32)28-22(17-5-2-1-3-6-17)23(31)26-19-11-13-21(14-12-19)29-30-15-4-16-30/h1-3,5-14,22,29H,4,15-16H2,(H,26,31)(H2,27,28,32). The van der Waals surface area contributed by atoms with Gasteiger partial charge in [0.05, 0.1) is 0 Å². The van der Waals surface area contributed by atoms with E-state index in [9.17, 15) is 9.59 Å². The second kappa shape index (κ2) is 10.2. The number of urea groups is 1. The fourth-order valence-corrected chi connectivity index (χ4v) is 3.36. The van der Waals surface area contributed by atoms with Gasteiger partial charge in [-0.05, 0) is 60.5 Å². The molecule has 0 radical (unpaired) electrons. The van der Waals surface area contributed by atoms with E-state index in [0.29, 0.717) is 22.0 Å². The Bertz CT molecular complexity index is 1050. The second-order valence-corrected chi connectivity index (χ2v) is 7.90. The van der Waals surface area contributed by atoms with E-state index < -0.39 is 12.1 Å². The maximum Gasteiger partial charge on any atom is 0.320 e. The molecule has 32 heavy (non-hydrogen) atoms. The van der Waals surface area contributed by atoms with Crippen LogP contribution in [0, 0.1) is 0 Å². The van der Waals surface area contributed by atoms with E-state index >= 15 is 0 Å². The molecule has 1 unspecified atom stereocenters. The van der Waals surface area contributed by atoms with Gasteiger partial charge < -0.3 is 21.4 Å². The molecule has 1 fully saturated rings. The molecule has 8 heteroatoms. The summed E-state index contributed by atoms with van der Waals surface area (Å²) in [5.74, 6) is -0.342. The SMILES string of the molecule is O=C(Nc1ccc(Cl)cc1)NC(C(=O)Nc1ccc(NN2CCC2)cc1)c1ccccc1. The maximum atomic E-state index is 13.1. The third kappa shape index (κ3) is 5.78. The van der Waals surface area contributed by atoms with E-state index in [2.05, 4.69) is 26.4 Å². The summed E-state index contributed by atoms with van der Waals surface area (Å²) in [6.45, 7) is 2.06. The van der Waals surface area contributed by atoms with Gasteiger partial charge in [-0.2, -0.15) is 0 Å². The van der Waals surface area contributed by atoms with Crippen molar-refractivity contribution in [2.24, 2.45) is 0 Å². The Morgan fingerprint density at radius 3 is 2.00 bits per heavy atom. The van der Waals surface area contributed by atoms with Crippen molar-refractivity contribution in [3.63, 3.8) is 0 Å². The molecule has 0 aliphatic carbocycles. The first kappa shape index (κ1) is 21.7. The van der Waals surface area contributed by atoms with Crippen LogP contribution < -0.4 is 21.4 Å². The largest absolute Gasteiger partial charge is 0.324 e. The van der Waals surface area contributed by atoms with Crippen molar-refractivity contribution in [2.75, 3.05) is 29.1 Å². The third-order valence-corrected chi connectivity index (χ3v) is 5.32. The molecule has 4 rings (SSSR count). The number of nitrogens with one attached hydrogen (secondary N) is 4. The van der Waals surface area contributed by atoms with Crippen LogP contribution in [0.15, 0.2) is 78.9 Å². The lowest BCUT2D eigenvalue weighted by Crippen LogP contribution is -2.41. The normalized spacial score (nSPS) is 14.0. The number of carbonyl (C=O) groups is 2. The molecule has 3 aromatic carbocycles. The summed E-state index contributed by atoms with van der Waals surface area (Å²) in [5.41, 5.74) is 6.16. The molecular formula is C24H24ClN5O2. The number of hydrogen-bond donors (Lipinski definition) is 4. The van der Waals surface area contributed by atoms with Crippen molar-refractivity contribution in [1.29, 1.82) is 0 Å². The van der Waals surface area contributed by atoms with Crippen LogP contribution in [-0.2, 0) is 4.79 Å². The number of hydrazine groups is 1. The Morgan fingerprint density at radius 1 is 0.781 bits per heavy atom. The summed E-state index contributed by atoms with van der Waals surface area (Å²) in [6.07, 6.45) is 1.20. The lowest BCUT2D eigenvalue weighted by Gasteiger charge is -2.31. The van der Waals surface area contributed by atoms with Gasteiger partial charge in [0.2, 0.25) is 0 Å². The number of halogens is 1. The third-order valence-electron chi connectivity index (χ3n) is 5.07. The molecule has 0 bridgehead atoms. The van der Waals surface area contributed by atoms with Crippen LogP contribution in [0.1, 0.15) is 18.0 Å². The van der Waals surface area contributed by atoms with E-state index in [1.165, 1.54) is 6.42 Å². The van der Waals surface area contributed by atoms with Crippen molar-refractivity contribution in [3.05, 3.63) is 89.4 Å². The molecule has 0 spiro atoms. The van der Waals surface area contributed by atoms with E-state index in [1.54, 1.807) is 36.4 Å². The van der Waals surface area contributed by atoms with Gasteiger partial charge in [-0.25, -0.2) is 9.80 Å². The second-order valence-electron chi connectivity index (χ2n) is 7.47. The molecule has 1 atom stereocenters. The molecule has 1 aliphatic heterocycles. The molecule has 1 aliphatic rings. The molecule has 1 heterocycles.